The number of benzene rings is 1. The summed E-state index contributed by atoms with van der Waals surface area (Å²) in [4.78, 5) is 44.2. The van der Waals surface area contributed by atoms with Crippen LogP contribution in [0.1, 0.15) is 90.7 Å². The van der Waals surface area contributed by atoms with E-state index in [4.69, 9.17) is 4.42 Å². The zero-order chi connectivity index (χ0) is 35.7. The third-order valence-electron chi connectivity index (χ3n) is 10.0. The van der Waals surface area contributed by atoms with Crippen LogP contribution in [0, 0.1) is 16.7 Å². The second kappa shape index (κ2) is 12.0. The highest BCUT2D eigenvalue weighted by Crippen LogP contribution is 2.52. The van der Waals surface area contributed by atoms with E-state index in [9.17, 15) is 24.8 Å². The van der Waals surface area contributed by atoms with Crippen LogP contribution in [0.15, 0.2) is 51.2 Å². The van der Waals surface area contributed by atoms with Crippen molar-refractivity contribution < 1.29 is 19.1 Å². The van der Waals surface area contributed by atoms with Crippen LogP contribution in [0.4, 0.5) is 5.69 Å². The molecule has 256 valence electrons. The summed E-state index contributed by atoms with van der Waals surface area (Å²) in [5.41, 5.74) is 2.52. The molecule has 8 nitrogen and oxygen atoms in total. The van der Waals surface area contributed by atoms with Gasteiger partial charge in [0.2, 0.25) is 0 Å². The number of carbonyl (C=O) groups is 2. The van der Waals surface area contributed by atoms with Crippen LogP contribution >= 0.6 is 22.7 Å². The second-order valence-corrected chi connectivity index (χ2v) is 18.2. The smallest absolute Gasteiger partial charge is 0.345 e. The number of anilines is 1. The van der Waals surface area contributed by atoms with Gasteiger partial charge in [0.1, 0.15) is 17.2 Å². The molecule has 3 aromatic heterocycles. The first-order valence-corrected chi connectivity index (χ1v) is 18.2. The topological polar surface area (TPSA) is 124 Å². The summed E-state index contributed by atoms with van der Waals surface area (Å²) in [6, 6.07) is 13.9. The molecule has 0 spiro atoms. The van der Waals surface area contributed by atoms with E-state index in [1.165, 1.54) is 33.9 Å². The van der Waals surface area contributed by atoms with Crippen LogP contribution in [-0.4, -0.2) is 35.6 Å². The number of carboxylic acid groups (broad SMARTS) is 1. The molecule has 49 heavy (non-hydrogen) atoms. The predicted octanol–water partition coefficient (Wildman–Crippen LogP) is 8.72. The Morgan fingerprint density at radius 3 is 2.31 bits per heavy atom. The minimum atomic E-state index is -1.05. The average molecular weight is 698 g/mol. The van der Waals surface area contributed by atoms with Gasteiger partial charge in [-0.05, 0) is 106 Å². The van der Waals surface area contributed by atoms with Gasteiger partial charge in [0.15, 0.2) is 0 Å². The van der Waals surface area contributed by atoms with Crippen molar-refractivity contribution in [3.63, 3.8) is 0 Å². The van der Waals surface area contributed by atoms with Gasteiger partial charge in [-0.25, -0.2) is 4.79 Å². The maximum atomic E-state index is 13.6. The molecule has 0 saturated carbocycles. The lowest BCUT2D eigenvalue weighted by atomic mass is 9.69. The van der Waals surface area contributed by atoms with Gasteiger partial charge in [-0.3, -0.25) is 9.59 Å². The minimum Gasteiger partial charge on any atom is -0.481 e. The van der Waals surface area contributed by atoms with E-state index in [2.05, 4.69) is 44.0 Å². The van der Waals surface area contributed by atoms with Crippen molar-refractivity contribution in [1.29, 1.82) is 5.26 Å². The number of fused-ring (bicyclic) bond motifs is 2. The fourth-order valence-electron chi connectivity index (χ4n) is 7.39. The SMILES string of the molecule is CC(C)(CC(C)(C)C(=O)O)NC(=O)/C(C#N)=C/c1ccc(-c2ccc(-c3cc4cc5c6c(c4oc3=O)C(C)(C)CCN6CCC5(C)C)s2)s1. The number of hydrogen-bond acceptors (Lipinski definition) is 8. The molecule has 0 aliphatic carbocycles. The number of hydrogen-bond donors (Lipinski definition) is 2. The standard InChI is InChI=1S/C39H43N3O5S2/c1-36(2)13-15-42-16-14-37(3,4)30-31(42)26(36)19-22-18-25(34(44)47-32(22)30)27-11-12-29(49-27)28-10-9-24(48-28)17-23(20-40)33(43)41-39(7,8)21-38(5,6)35(45)46/h9-12,17-19H,13-16,21H2,1-8H3,(H,41,43)(H,45,46)/b23-17+. The molecule has 2 N–H and O–H groups in total. The van der Waals surface area contributed by atoms with Gasteiger partial charge in [-0.1, -0.05) is 27.7 Å². The van der Waals surface area contributed by atoms with Crippen LogP contribution < -0.4 is 15.8 Å². The Labute approximate surface area is 295 Å². The molecule has 6 rings (SSSR count). The van der Waals surface area contributed by atoms with Crippen LogP contribution in [0.2, 0.25) is 0 Å². The Balaban J connectivity index is 1.29. The van der Waals surface area contributed by atoms with E-state index in [1.807, 2.05) is 36.4 Å². The Bertz CT molecular complexity index is 2130. The van der Waals surface area contributed by atoms with Crippen molar-refractivity contribution in [1.82, 2.24) is 5.32 Å². The van der Waals surface area contributed by atoms with E-state index >= 15 is 0 Å². The molecule has 1 amide bonds. The molecule has 0 atom stereocenters. The monoisotopic (exact) mass is 697 g/mol. The van der Waals surface area contributed by atoms with Gasteiger partial charge in [0.25, 0.3) is 5.91 Å². The number of nitriles is 1. The highest BCUT2D eigenvalue weighted by molar-refractivity contribution is 7.24. The summed E-state index contributed by atoms with van der Waals surface area (Å²) < 4.78 is 6.21. The number of carboxylic acids is 1. The second-order valence-electron chi connectivity index (χ2n) is 16.0. The molecular formula is C39H43N3O5S2. The van der Waals surface area contributed by atoms with Crippen molar-refractivity contribution in [2.24, 2.45) is 5.41 Å². The zero-order valence-corrected chi connectivity index (χ0v) is 31.0. The van der Waals surface area contributed by atoms with Crippen molar-refractivity contribution >= 4 is 57.3 Å². The Hall–Kier alpha value is -4.20. The lowest BCUT2D eigenvalue weighted by Crippen LogP contribution is -2.48. The molecule has 2 aliphatic rings. The first-order chi connectivity index (χ1) is 22.8. The van der Waals surface area contributed by atoms with Crippen LogP contribution in [0.25, 0.3) is 37.2 Å². The summed E-state index contributed by atoms with van der Waals surface area (Å²) >= 11 is 2.94. The van der Waals surface area contributed by atoms with Crippen molar-refractivity contribution in [3.8, 4) is 26.3 Å². The Morgan fingerprint density at radius 2 is 1.63 bits per heavy atom. The van der Waals surface area contributed by atoms with Crippen LogP contribution in [-0.2, 0) is 20.4 Å². The fraction of sp³-hybridized carbons (Fsp3) is 0.436. The van der Waals surface area contributed by atoms with Gasteiger partial charge >= 0.3 is 11.6 Å². The fourth-order valence-corrected chi connectivity index (χ4v) is 9.44. The summed E-state index contributed by atoms with van der Waals surface area (Å²) in [5.74, 6) is -1.51. The summed E-state index contributed by atoms with van der Waals surface area (Å²) in [7, 11) is 0. The van der Waals surface area contributed by atoms with E-state index in [-0.39, 0.29) is 28.4 Å². The van der Waals surface area contributed by atoms with E-state index in [1.54, 1.807) is 33.8 Å². The highest BCUT2D eigenvalue weighted by atomic mass is 32.1. The summed E-state index contributed by atoms with van der Waals surface area (Å²) in [6.45, 7) is 17.8. The maximum Gasteiger partial charge on any atom is 0.345 e. The average Bonchev–Trinajstić information content (AvgIpc) is 3.67. The third-order valence-corrected chi connectivity index (χ3v) is 12.4. The molecule has 4 aromatic rings. The number of nitrogens with one attached hydrogen (secondary N) is 1. The molecule has 1 aromatic carbocycles. The zero-order valence-electron chi connectivity index (χ0n) is 29.4. The molecular weight excluding hydrogens is 655 g/mol. The Morgan fingerprint density at radius 1 is 1.00 bits per heavy atom. The molecule has 10 heteroatoms. The van der Waals surface area contributed by atoms with Gasteiger partial charge in [0, 0.05) is 54.8 Å². The molecule has 0 radical (unpaired) electrons. The normalized spacial score (nSPS) is 17.0. The van der Waals surface area contributed by atoms with Crippen LogP contribution in [0.3, 0.4) is 0 Å². The minimum absolute atomic E-state index is 0.0134. The third kappa shape index (κ3) is 6.47. The quantitative estimate of drug-likeness (QED) is 0.107. The predicted molar refractivity (Wildman–Crippen MR) is 198 cm³/mol. The number of carbonyl (C=O) groups excluding carboxylic acids is 1. The summed E-state index contributed by atoms with van der Waals surface area (Å²) in [5, 5.41) is 23.1. The van der Waals surface area contributed by atoms with Crippen LogP contribution in [0.5, 0.6) is 0 Å². The number of aliphatic carboxylic acids is 1. The van der Waals surface area contributed by atoms with Crippen molar-refractivity contribution in [2.75, 3.05) is 18.0 Å². The molecule has 5 heterocycles. The van der Waals surface area contributed by atoms with Gasteiger partial charge < -0.3 is 19.7 Å². The lowest BCUT2D eigenvalue weighted by Gasteiger charge is -2.48. The number of amides is 1. The molecule has 2 aliphatic heterocycles. The first kappa shape index (κ1) is 34.7. The van der Waals surface area contributed by atoms with Crippen molar-refractivity contribution in [3.05, 3.63) is 68.4 Å². The van der Waals surface area contributed by atoms with Crippen molar-refractivity contribution in [2.45, 2.75) is 91.0 Å². The van der Waals surface area contributed by atoms with Gasteiger partial charge in [-0.2, -0.15) is 5.26 Å². The highest BCUT2D eigenvalue weighted by Gasteiger charge is 2.42. The number of rotatable bonds is 8. The largest absolute Gasteiger partial charge is 0.481 e. The molecule has 0 unspecified atom stereocenters. The van der Waals surface area contributed by atoms with E-state index in [0.29, 0.717) is 11.1 Å². The summed E-state index contributed by atoms with van der Waals surface area (Å²) in [6.07, 6.45) is 3.81. The molecule has 0 saturated heterocycles. The van der Waals surface area contributed by atoms with Gasteiger partial charge in [-0.15, -0.1) is 22.7 Å². The number of thiophene rings is 2. The van der Waals surface area contributed by atoms with Gasteiger partial charge in [0.05, 0.1) is 11.0 Å². The molecule has 0 bridgehead atoms. The maximum absolute atomic E-state index is 13.6. The Kier molecular flexibility index (Phi) is 8.48. The first-order valence-electron chi connectivity index (χ1n) is 16.6. The van der Waals surface area contributed by atoms with E-state index < -0.39 is 22.8 Å². The van der Waals surface area contributed by atoms with E-state index in [0.717, 1.165) is 56.4 Å². The lowest BCUT2D eigenvalue weighted by molar-refractivity contribution is -0.148. The number of nitrogens with zero attached hydrogens (tertiary/aromatic N) is 2. The molecule has 0 fully saturated rings.